The van der Waals surface area contributed by atoms with Crippen molar-refractivity contribution in [3.8, 4) is 0 Å². The molecule has 4 heteroatoms. The molecule has 270 valence electrons. The van der Waals surface area contributed by atoms with Crippen LogP contribution in [0.3, 0.4) is 0 Å². The Balaban J connectivity index is 1.69. The van der Waals surface area contributed by atoms with Crippen molar-refractivity contribution >= 4 is 10.1 Å². The van der Waals surface area contributed by atoms with Gasteiger partial charge < -0.3 is 0 Å². The van der Waals surface area contributed by atoms with Crippen molar-refractivity contribution in [2.75, 3.05) is 0 Å². The predicted octanol–water partition coefficient (Wildman–Crippen LogP) is 14.8. The number of hydrogen-bond acceptors (Lipinski definition) is 2. The summed E-state index contributed by atoms with van der Waals surface area (Å²) in [6.45, 7) is 2.30. The molecule has 0 saturated heterocycles. The van der Waals surface area contributed by atoms with Gasteiger partial charge in [-0.05, 0) is 24.5 Å². The van der Waals surface area contributed by atoms with Crippen molar-refractivity contribution < 1.29 is 13.0 Å². The van der Waals surface area contributed by atoms with Gasteiger partial charge in [-0.3, -0.25) is 4.55 Å². The monoisotopic (exact) mass is 663 g/mol. The smallest absolute Gasteiger partial charge is 0.282 e. The van der Waals surface area contributed by atoms with E-state index in [0.29, 0.717) is 0 Å². The average molecular weight is 663 g/mol. The normalized spacial score (nSPS) is 11.9. The van der Waals surface area contributed by atoms with Crippen LogP contribution in [0.1, 0.15) is 231 Å². The molecule has 0 fully saturated rings. The van der Waals surface area contributed by atoms with E-state index < -0.39 is 10.1 Å². The van der Waals surface area contributed by atoms with Crippen LogP contribution in [0.5, 0.6) is 0 Å². The maximum Gasteiger partial charge on any atom is 0.294 e. The highest BCUT2D eigenvalue weighted by Crippen LogP contribution is 2.20. The summed E-state index contributed by atoms with van der Waals surface area (Å²) in [4.78, 5) is 0.0704. The molecule has 0 aliphatic carbocycles. The van der Waals surface area contributed by atoms with Crippen LogP contribution in [0.2, 0.25) is 0 Å². The van der Waals surface area contributed by atoms with Crippen LogP contribution in [-0.4, -0.2) is 13.0 Å². The van der Waals surface area contributed by atoms with Crippen LogP contribution in [0, 0.1) is 0 Å². The molecule has 0 aromatic heterocycles. The highest BCUT2D eigenvalue weighted by molar-refractivity contribution is 7.85. The van der Waals surface area contributed by atoms with Gasteiger partial charge in [0, 0.05) is 0 Å². The molecule has 0 amide bonds. The van der Waals surface area contributed by atoms with Crippen LogP contribution >= 0.6 is 0 Å². The molecule has 0 atom stereocenters. The Morgan fingerprint density at radius 1 is 0.391 bits per heavy atom. The first-order chi connectivity index (χ1) is 22.6. The summed E-state index contributed by atoms with van der Waals surface area (Å²) in [5.41, 5.74) is 0.737. The van der Waals surface area contributed by atoms with Gasteiger partial charge in [0.1, 0.15) is 0 Å². The largest absolute Gasteiger partial charge is 0.294 e. The summed E-state index contributed by atoms with van der Waals surface area (Å²) >= 11 is 0. The molecular weight excluding hydrogens is 585 g/mol. The quantitative estimate of drug-likeness (QED) is 0.0574. The minimum absolute atomic E-state index is 0.0704. The van der Waals surface area contributed by atoms with Crippen molar-refractivity contribution in [3.05, 3.63) is 29.8 Å². The lowest BCUT2D eigenvalue weighted by molar-refractivity contribution is 0.481. The second-order valence-electron chi connectivity index (χ2n) is 14.5. The van der Waals surface area contributed by atoms with Gasteiger partial charge in [-0.25, -0.2) is 0 Å². The van der Waals surface area contributed by atoms with Gasteiger partial charge >= 0.3 is 0 Å². The van der Waals surface area contributed by atoms with E-state index in [1.165, 1.54) is 212 Å². The van der Waals surface area contributed by atoms with E-state index in [4.69, 9.17) is 0 Å². The summed E-state index contributed by atoms with van der Waals surface area (Å²) < 4.78 is 32.3. The molecule has 0 aliphatic rings. The third-order valence-electron chi connectivity index (χ3n) is 10.1. The fourth-order valence-electron chi connectivity index (χ4n) is 7.01. The molecule has 1 rings (SSSR count). The standard InChI is InChI=1S/C42H78O3S/c1-2-3-4-5-6-7-8-9-10-11-12-13-14-15-16-17-18-19-20-21-22-23-24-25-26-27-28-29-30-31-32-33-34-35-38-41-39-36-37-40-42(41)46(43,44)45/h36-37,39-40H,2-35,38H2,1H3,(H,43,44,45). The van der Waals surface area contributed by atoms with Gasteiger partial charge in [0.25, 0.3) is 10.1 Å². The number of rotatable bonds is 36. The van der Waals surface area contributed by atoms with Gasteiger partial charge in [0.2, 0.25) is 0 Å². The first kappa shape index (κ1) is 43.2. The maximum atomic E-state index is 11.5. The van der Waals surface area contributed by atoms with Crippen LogP contribution < -0.4 is 0 Å². The zero-order valence-electron chi connectivity index (χ0n) is 30.7. The van der Waals surface area contributed by atoms with E-state index in [-0.39, 0.29) is 4.90 Å². The third kappa shape index (κ3) is 28.2. The minimum Gasteiger partial charge on any atom is -0.282 e. The number of unbranched alkanes of at least 4 members (excludes halogenated alkanes) is 33. The fourth-order valence-corrected chi connectivity index (χ4v) is 7.76. The van der Waals surface area contributed by atoms with Crippen molar-refractivity contribution in [2.45, 2.75) is 237 Å². The van der Waals surface area contributed by atoms with E-state index in [0.717, 1.165) is 24.8 Å². The molecule has 1 aromatic rings. The highest BCUT2D eigenvalue weighted by atomic mass is 32.2. The second kappa shape index (κ2) is 32.7. The van der Waals surface area contributed by atoms with Crippen molar-refractivity contribution in [3.63, 3.8) is 0 Å². The van der Waals surface area contributed by atoms with Gasteiger partial charge in [-0.2, -0.15) is 8.42 Å². The number of benzene rings is 1. The Labute approximate surface area is 288 Å². The molecule has 0 aliphatic heterocycles. The van der Waals surface area contributed by atoms with E-state index >= 15 is 0 Å². The summed E-state index contributed by atoms with van der Waals surface area (Å²) in [5.74, 6) is 0. The lowest BCUT2D eigenvalue weighted by atomic mass is 10.0. The topological polar surface area (TPSA) is 54.4 Å². The molecule has 46 heavy (non-hydrogen) atoms. The Hall–Kier alpha value is -0.870. The van der Waals surface area contributed by atoms with Crippen LogP contribution in [0.4, 0.5) is 0 Å². The van der Waals surface area contributed by atoms with Crippen LogP contribution in [0.15, 0.2) is 29.2 Å². The third-order valence-corrected chi connectivity index (χ3v) is 11.0. The summed E-state index contributed by atoms with van der Waals surface area (Å²) in [5, 5.41) is 0. The molecule has 3 nitrogen and oxygen atoms in total. The molecule has 1 N–H and O–H groups in total. The maximum absolute atomic E-state index is 11.5. The zero-order valence-corrected chi connectivity index (χ0v) is 31.5. The van der Waals surface area contributed by atoms with E-state index in [9.17, 15) is 13.0 Å². The first-order valence-electron chi connectivity index (χ1n) is 20.6. The van der Waals surface area contributed by atoms with Crippen LogP contribution in [-0.2, 0) is 16.5 Å². The molecule has 0 heterocycles. The molecule has 0 saturated carbocycles. The van der Waals surface area contributed by atoms with Crippen molar-refractivity contribution in [1.82, 2.24) is 0 Å². The first-order valence-corrected chi connectivity index (χ1v) is 22.0. The molecule has 0 spiro atoms. The highest BCUT2D eigenvalue weighted by Gasteiger charge is 2.13. The van der Waals surface area contributed by atoms with E-state index in [2.05, 4.69) is 6.92 Å². The Kier molecular flexibility index (Phi) is 30.6. The van der Waals surface area contributed by atoms with Crippen molar-refractivity contribution in [1.29, 1.82) is 0 Å². The van der Waals surface area contributed by atoms with E-state index in [1.807, 2.05) is 12.1 Å². The number of aryl methyl sites for hydroxylation is 1. The fraction of sp³-hybridized carbons (Fsp3) is 0.857. The van der Waals surface area contributed by atoms with Crippen LogP contribution in [0.25, 0.3) is 0 Å². The lowest BCUT2D eigenvalue weighted by Crippen LogP contribution is -2.03. The van der Waals surface area contributed by atoms with E-state index in [1.54, 1.807) is 6.07 Å². The van der Waals surface area contributed by atoms with Gasteiger partial charge in [-0.1, -0.05) is 237 Å². The number of hydrogen-bond donors (Lipinski definition) is 1. The molecule has 0 unspecified atom stereocenters. The summed E-state index contributed by atoms with van der Waals surface area (Å²) in [6, 6.07) is 6.81. The van der Waals surface area contributed by atoms with Gasteiger partial charge in [0.15, 0.2) is 0 Å². The molecule has 1 aromatic carbocycles. The van der Waals surface area contributed by atoms with Crippen molar-refractivity contribution in [2.24, 2.45) is 0 Å². The van der Waals surface area contributed by atoms with Gasteiger partial charge in [-0.15, -0.1) is 0 Å². The Morgan fingerprint density at radius 3 is 0.891 bits per heavy atom. The Morgan fingerprint density at radius 2 is 0.630 bits per heavy atom. The SMILES string of the molecule is CCCCCCCCCCCCCCCCCCCCCCCCCCCCCCCCCCCCc1ccccc1S(=O)(=O)O. The lowest BCUT2D eigenvalue weighted by Gasteiger charge is -2.07. The zero-order chi connectivity index (χ0) is 33.2. The average Bonchev–Trinajstić information content (AvgIpc) is 3.04. The van der Waals surface area contributed by atoms with Gasteiger partial charge in [0.05, 0.1) is 4.90 Å². The summed E-state index contributed by atoms with van der Waals surface area (Å²) in [6.07, 6.45) is 48.6. The second-order valence-corrected chi connectivity index (χ2v) is 15.9. The minimum atomic E-state index is -4.12. The summed E-state index contributed by atoms with van der Waals surface area (Å²) in [7, 11) is -4.12. The molecule has 0 bridgehead atoms. The Bertz CT molecular complexity index is 865. The molecule has 0 radical (unpaired) electrons. The molecular formula is C42H78O3S. The predicted molar refractivity (Wildman–Crippen MR) is 203 cm³/mol.